The molecule has 0 unspecified atom stereocenters. The minimum atomic E-state index is -0.640. The normalized spacial score (nSPS) is 19.8. The number of benzene rings is 2. The molecule has 2 aromatic carbocycles. The molecule has 0 saturated carbocycles. The van der Waals surface area contributed by atoms with Gasteiger partial charge >= 0.3 is 0 Å². The summed E-state index contributed by atoms with van der Waals surface area (Å²) < 4.78 is 0. The van der Waals surface area contributed by atoms with Gasteiger partial charge in [-0.25, -0.2) is 5.01 Å². The van der Waals surface area contributed by atoms with E-state index < -0.39 is 34.5 Å². The molecular formula is C22H17Cl2N3O5. The molecule has 8 nitrogen and oxygen atoms in total. The standard InChI is InChI=1S/C22H17Cl2N3O5/c23-18-10-5-13(11-19(18)24)12-25(20(28)14-6-8-15(9-7-14)27(31)32)26-21(29)16-3-1-2-4-17(16)22(26)30/h1-2,5-11,16-17H,3-4,12H2/t16-,17-/m1/s1. The lowest BCUT2D eigenvalue weighted by molar-refractivity contribution is -0.384. The molecule has 0 aromatic heterocycles. The van der Waals surface area contributed by atoms with Crippen LogP contribution >= 0.6 is 23.2 Å². The van der Waals surface area contributed by atoms with E-state index in [4.69, 9.17) is 23.2 Å². The van der Waals surface area contributed by atoms with Gasteiger partial charge in [-0.05, 0) is 42.7 Å². The van der Waals surface area contributed by atoms with Gasteiger partial charge in [0.1, 0.15) is 0 Å². The molecule has 2 aliphatic rings. The van der Waals surface area contributed by atoms with E-state index in [-0.39, 0.29) is 22.8 Å². The van der Waals surface area contributed by atoms with E-state index in [9.17, 15) is 24.5 Å². The number of hydrogen-bond donors (Lipinski definition) is 0. The fourth-order valence-electron chi connectivity index (χ4n) is 3.94. The number of carbonyl (C=O) groups is 3. The van der Waals surface area contributed by atoms with E-state index in [1.54, 1.807) is 18.2 Å². The summed E-state index contributed by atoms with van der Waals surface area (Å²) in [5.74, 6) is -2.57. The number of carbonyl (C=O) groups excluding carboxylic acids is 3. The summed E-state index contributed by atoms with van der Waals surface area (Å²) in [6.45, 7) is -0.114. The second-order valence-corrected chi connectivity index (χ2v) is 8.37. The third-order valence-corrected chi connectivity index (χ3v) is 6.34. The minimum Gasteiger partial charge on any atom is -0.272 e. The zero-order chi connectivity index (χ0) is 23.0. The van der Waals surface area contributed by atoms with Crippen molar-refractivity contribution in [1.82, 2.24) is 10.0 Å². The number of non-ortho nitro benzene ring substituents is 1. The quantitative estimate of drug-likeness (QED) is 0.277. The van der Waals surface area contributed by atoms with Crippen LogP contribution in [0.5, 0.6) is 0 Å². The number of rotatable bonds is 5. The third kappa shape index (κ3) is 3.99. The van der Waals surface area contributed by atoms with Crippen molar-refractivity contribution >= 4 is 46.6 Å². The van der Waals surface area contributed by atoms with Crippen molar-refractivity contribution in [1.29, 1.82) is 0 Å². The van der Waals surface area contributed by atoms with E-state index in [2.05, 4.69) is 0 Å². The molecule has 32 heavy (non-hydrogen) atoms. The second-order valence-electron chi connectivity index (χ2n) is 7.56. The van der Waals surface area contributed by atoms with Crippen molar-refractivity contribution in [2.24, 2.45) is 11.8 Å². The Labute approximate surface area is 193 Å². The van der Waals surface area contributed by atoms with Crippen LogP contribution in [0.1, 0.15) is 28.8 Å². The lowest BCUT2D eigenvalue weighted by atomic mass is 9.85. The highest BCUT2D eigenvalue weighted by Gasteiger charge is 2.50. The smallest absolute Gasteiger partial charge is 0.272 e. The molecule has 1 aliphatic heterocycles. The first-order valence-electron chi connectivity index (χ1n) is 9.81. The van der Waals surface area contributed by atoms with Crippen LogP contribution < -0.4 is 0 Å². The van der Waals surface area contributed by atoms with Crippen molar-refractivity contribution in [2.45, 2.75) is 19.4 Å². The van der Waals surface area contributed by atoms with Crippen LogP contribution in [0.4, 0.5) is 5.69 Å². The third-order valence-electron chi connectivity index (χ3n) is 5.60. The number of nitro benzene ring substituents is 1. The van der Waals surface area contributed by atoms with Crippen LogP contribution in [0.2, 0.25) is 10.0 Å². The molecule has 0 bridgehead atoms. The Balaban J connectivity index is 1.71. The van der Waals surface area contributed by atoms with E-state index in [1.165, 1.54) is 24.3 Å². The first-order chi connectivity index (χ1) is 15.3. The summed E-state index contributed by atoms with van der Waals surface area (Å²) in [4.78, 5) is 50.0. The van der Waals surface area contributed by atoms with Gasteiger partial charge < -0.3 is 0 Å². The largest absolute Gasteiger partial charge is 0.273 e. The summed E-state index contributed by atoms with van der Waals surface area (Å²) in [6.07, 6.45) is 4.57. The zero-order valence-corrected chi connectivity index (χ0v) is 18.1. The van der Waals surface area contributed by atoms with Crippen LogP contribution in [0.3, 0.4) is 0 Å². The Morgan fingerprint density at radius 2 is 1.59 bits per heavy atom. The molecule has 2 atom stereocenters. The van der Waals surface area contributed by atoms with Crippen LogP contribution in [0.15, 0.2) is 54.6 Å². The van der Waals surface area contributed by atoms with Gasteiger partial charge in [-0.1, -0.05) is 41.4 Å². The molecule has 1 saturated heterocycles. The zero-order valence-electron chi connectivity index (χ0n) is 16.6. The SMILES string of the molecule is O=C(c1ccc([N+](=O)[O-])cc1)N(Cc1ccc(Cl)c(Cl)c1)N1C(=O)[C@@H]2CC=CC[C@H]2C1=O. The van der Waals surface area contributed by atoms with Crippen molar-refractivity contribution in [3.05, 3.63) is 85.9 Å². The minimum absolute atomic E-state index is 0.101. The van der Waals surface area contributed by atoms with Gasteiger partial charge in [0, 0.05) is 17.7 Å². The van der Waals surface area contributed by atoms with E-state index in [0.717, 1.165) is 10.0 Å². The number of nitro groups is 1. The van der Waals surface area contributed by atoms with Gasteiger partial charge in [0.05, 0.1) is 33.3 Å². The maximum Gasteiger partial charge on any atom is 0.273 e. The topological polar surface area (TPSA) is 101 Å². The Kier molecular flexibility index (Phi) is 5.99. The Morgan fingerprint density at radius 1 is 1.00 bits per heavy atom. The number of allylic oxidation sites excluding steroid dienone is 2. The number of hydrazine groups is 1. The molecule has 1 heterocycles. The monoisotopic (exact) mass is 473 g/mol. The lowest BCUT2D eigenvalue weighted by Crippen LogP contribution is -2.49. The van der Waals surface area contributed by atoms with Gasteiger partial charge in [0.25, 0.3) is 23.4 Å². The lowest BCUT2D eigenvalue weighted by Gasteiger charge is -2.30. The van der Waals surface area contributed by atoms with Gasteiger partial charge in [0.15, 0.2) is 0 Å². The first kappa shape index (κ1) is 22.0. The van der Waals surface area contributed by atoms with Crippen molar-refractivity contribution in [2.75, 3.05) is 0 Å². The summed E-state index contributed by atoms with van der Waals surface area (Å²) in [5, 5.41) is 13.5. The summed E-state index contributed by atoms with van der Waals surface area (Å²) in [5.41, 5.74) is 0.482. The Hall–Kier alpha value is -3.23. The van der Waals surface area contributed by atoms with Crippen molar-refractivity contribution < 1.29 is 19.3 Å². The van der Waals surface area contributed by atoms with E-state index >= 15 is 0 Å². The van der Waals surface area contributed by atoms with E-state index in [0.29, 0.717) is 23.4 Å². The summed E-state index contributed by atoms with van der Waals surface area (Å²) in [6, 6.07) is 9.74. The Bertz CT molecular complexity index is 1120. The van der Waals surface area contributed by atoms with Crippen molar-refractivity contribution in [3.8, 4) is 0 Å². The molecule has 0 spiro atoms. The first-order valence-corrected chi connectivity index (χ1v) is 10.6. The highest BCUT2D eigenvalue weighted by atomic mass is 35.5. The number of nitrogens with zero attached hydrogens (tertiary/aromatic N) is 3. The molecule has 0 radical (unpaired) electrons. The fourth-order valence-corrected chi connectivity index (χ4v) is 4.26. The van der Waals surface area contributed by atoms with Crippen LogP contribution in [-0.2, 0) is 16.1 Å². The number of amides is 3. The fraction of sp³-hybridized carbons (Fsp3) is 0.227. The van der Waals surface area contributed by atoms with Crippen molar-refractivity contribution in [3.63, 3.8) is 0 Å². The average Bonchev–Trinajstić information content (AvgIpc) is 3.04. The molecule has 0 N–H and O–H groups in total. The average molecular weight is 474 g/mol. The van der Waals surface area contributed by atoms with Crippen LogP contribution in [-0.4, -0.2) is 32.7 Å². The number of imide groups is 1. The molecule has 4 rings (SSSR count). The molecule has 3 amide bonds. The van der Waals surface area contributed by atoms with E-state index in [1.807, 2.05) is 12.2 Å². The molecule has 2 aromatic rings. The Morgan fingerprint density at radius 3 is 2.12 bits per heavy atom. The second kappa shape index (κ2) is 8.72. The molecule has 164 valence electrons. The number of fused-ring (bicyclic) bond motifs is 1. The highest BCUT2D eigenvalue weighted by molar-refractivity contribution is 6.42. The number of halogens is 2. The van der Waals surface area contributed by atoms with Gasteiger partial charge in [-0.2, -0.15) is 5.01 Å². The van der Waals surface area contributed by atoms with Gasteiger partial charge in [0.2, 0.25) is 0 Å². The molecular weight excluding hydrogens is 457 g/mol. The molecule has 1 aliphatic carbocycles. The maximum absolute atomic E-state index is 13.4. The van der Waals surface area contributed by atoms with Gasteiger partial charge in [-0.3, -0.25) is 24.5 Å². The predicted molar refractivity (Wildman–Crippen MR) is 117 cm³/mol. The molecule has 1 fully saturated rings. The van der Waals surface area contributed by atoms with Crippen LogP contribution in [0.25, 0.3) is 0 Å². The van der Waals surface area contributed by atoms with Crippen LogP contribution in [0, 0.1) is 22.0 Å². The number of hydrogen-bond acceptors (Lipinski definition) is 5. The summed E-state index contributed by atoms with van der Waals surface area (Å²) in [7, 11) is 0. The summed E-state index contributed by atoms with van der Waals surface area (Å²) >= 11 is 12.1. The molecule has 10 heteroatoms. The maximum atomic E-state index is 13.4. The van der Waals surface area contributed by atoms with Gasteiger partial charge in [-0.15, -0.1) is 0 Å². The highest BCUT2D eigenvalue weighted by Crippen LogP contribution is 2.37. The predicted octanol–water partition coefficient (Wildman–Crippen LogP) is 4.41.